The molecule has 3 N–H and O–H groups in total. The van der Waals surface area contributed by atoms with Crippen LogP contribution in [0.3, 0.4) is 0 Å². The fourth-order valence-electron chi connectivity index (χ4n) is 2.20. The summed E-state index contributed by atoms with van der Waals surface area (Å²) in [4.78, 5) is 6.96. The Balaban J connectivity index is 1.77. The summed E-state index contributed by atoms with van der Waals surface area (Å²) in [6.45, 7) is 6.59. The van der Waals surface area contributed by atoms with Crippen LogP contribution in [0.15, 0.2) is 4.99 Å². The summed E-state index contributed by atoms with van der Waals surface area (Å²) < 4.78 is 5.32. The van der Waals surface area contributed by atoms with Gasteiger partial charge >= 0.3 is 0 Å². The first-order valence-electron chi connectivity index (χ1n) is 7.67. The molecule has 0 aromatic carbocycles. The van der Waals surface area contributed by atoms with E-state index >= 15 is 0 Å². The van der Waals surface area contributed by atoms with Gasteiger partial charge in [0.15, 0.2) is 0 Å². The van der Waals surface area contributed by atoms with Gasteiger partial charge in [-0.25, -0.2) is 5.84 Å². The van der Waals surface area contributed by atoms with Gasteiger partial charge in [-0.1, -0.05) is 0 Å². The van der Waals surface area contributed by atoms with Crippen LogP contribution in [0.5, 0.6) is 0 Å². The molecule has 0 amide bonds. The minimum Gasteiger partial charge on any atom is -0.382 e. The van der Waals surface area contributed by atoms with Crippen LogP contribution in [0.25, 0.3) is 0 Å². The van der Waals surface area contributed by atoms with Crippen molar-refractivity contribution in [2.75, 3.05) is 32.8 Å². The van der Waals surface area contributed by atoms with Crippen LogP contribution < -0.4 is 11.3 Å². The van der Waals surface area contributed by atoms with E-state index in [9.17, 15) is 0 Å². The molecule has 0 radical (unpaired) electrons. The van der Waals surface area contributed by atoms with E-state index in [-0.39, 0.29) is 0 Å². The van der Waals surface area contributed by atoms with Crippen LogP contribution in [0.1, 0.15) is 39.0 Å². The molecular weight excluding hydrogens is 240 g/mol. The van der Waals surface area contributed by atoms with Gasteiger partial charge in [-0.05, 0) is 50.9 Å². The molecule has 0 saturated heterocycles. The molecule has 19 heavy (non-hydrogen) atoms. The second-order valence-corrected chi connectivity index (χ2v) is 5.69. The Hall–Kier alpha value is -0.810. The van der Waals surface area contributed by atoms with Gasteiger partial charge in [-0.2, -0.15) is 0 Å². The molecule has 2 fully saturated rings. The lowest BCUT2D eigenvalue weighted by atomic mass is 10.3. The Morgan fingerprint density at radius 2 is 1.89 bits per heavy atom. The van der Waals surface area contributed by atoms with Crippen molar-refractivity contribution in [2.45, 2.75) is 39.0 Å². The highest BCUT2D eigenvalue weighted by Crippen LogP contribution is 2.33. The molecule has 0 aliphatic heterocycles. The highest BCUT2D eigenvalue weighted by Gasteiger charge is 2.30. The zero-order chi connectivity index (χ0) is 13.5. The lowest BCUT2D eigenvalue weighted by molar-refractivity contribution is 0.146. The quantitative estimate of drug-likeness (QED) is 0.218. The monoisotopic (exact) mass is 268 g/mol. The molecule has 0 bridgehead atoms. The third-order valence-corrected chi connectivity index (χ3v) is 3.69. The summed E-state index contributed by atoms with van der Waals surface area (Å²) in [5.41, 5.74) is 2.79. The van der Waals surface area contributed by atoms with Crippen LogP contribution in [-0.2, 0) is 4.74 Å². The number of hydrazine groups is 1. The molecule has 0 atom stereocenters. The van der Waals surface area contributed by atoms with Crippen LogP contribution in [0, 0.1) is 11.8 Å². The minimum atomic E-state index is 0.779. The van der Waals surface area contributed by atoms with Crippen molar-refractivity contribution in [3.8, 4) is 0 Å². The summed E-state index contributed by atoms with van der Waals surface area (Å²) in [5, 5.41) is 0. The lowest BCUT2D eigenvalue weighted by Gasteiger charge is -2.25. The molecule has 0 aromatic heterocycles. The number of nitrogens with zero attached hydrogens (tertiary/aromatic N) is 2. The van der Waals surface area contributed by atoms with Crippen molar-refractivity contribution in [2.24, 2.45) is 22.7 Å². The van der Waals surface area contributed by atoms with Crippen LogP contribution in [0.2, 0.25) is 0 Å². The molecule has 5 nitrogen and oxygen atoms in total. The van der Waals surface area contributed by atoms with Crippen molar-refractivity contribution in [1.82, 2.24) is 10.3 Å². The number of nitrogens with two attached hydrogens (primary N) is 1. The molecule has 110 valence electrons. The lowest BCUT2D eigenvalue weighted by Crippen LogP contribution is -2.46. The average molecular weight is 268 g/mol. The van der Waals surface area contributed by atoms with E-state index in [1.165, 1.54) is 25.7 Å². The number of nitrogens with one attached hydrogen (secondary N) is 1. The van der Waals surface area contributed by atoms with Gasteiger partial charge in [0.05, 0.1) is 0 Å². The first-order valence-corrected chi connectivity index (χ1v) is 7.67. The summed E-state index contributed by atoms with van der Waals surface area (Å²) in [6.07, 6.45) is 6.42. The van der Waals surface area contributed by atoms with Crippen LogP contribution >= 0.6 is 0 Å². The van der Waals surface area contributed by atoms with E-state index in [0.29, 0.717) is 0 Å². The van der Waals surface area contributed by atoms with Gasteiger partial charge in [-0.3, -0.25) is 10.4 Å². The summed E-state index contributed by atoms with van der Waals surface area (Å²) in [6, 6.07) is 0. The molecular formula is C14H28N4O. The third kappa shape index (κ3) is 5.78. The molecule has 2 rings (SSSR count). The molecule has 2 saturated carbocycles. The largest absolute Gasteiger partial charge is 0.382 e. The average Bonchev–Trinajstić information content (AvgIpc) is 3.29. The number of hydrogen-bond acceptors (Lipinski definition) is 3. The number of ether oxygens (including phenoxy) is 1. The van der Waals surface area contributed by atoms with Gasteiger partial charge in [0.1, 0.15) is 0 Å². The first kappa shape index (κ1) is 14.6. The molecule has 0 aromatic rings. The Labute approximate surface area is 116 Å². The van der Waals surface area contributed by atoms with Gasteiger partial charge < -0.3 is 9.64 Å². The standard InChI is InChI=1S/C14H28N4O/c1-2-19-9-3-8-16-14(17-15)18(10-12-4-5-12)11-13-6-7-13/h12-13H,2-11,15H2,1H3,(H,16,17). The van der Waals surface area contributed by atoms with E-state index in [1.807, 2.05) is 6.92 Å². The maximum absolute atomic E-state index is 5.65. The second kappa shape index (κ2) is 7.70. The molecule has 2 aliphatic carbocycles. The number of rotatable bonds is 9. The van der Waals surface area contributed by atoms with E-state index < -0.39 is 0 Å². The smallest absolute Gasteiger partial charge is 0.208 e. The molecule has 2 aliphatic rings. The van der Waals surface area contributed by atoms with Crippen LogP contribution in [-0.4, -0.2) is 43.7 Å². The highest BCUT2D eigenvalue weighted by atomic mass is 16.5. The Kier molecular flexibility index (Phi) is 5.92. The van der Waals surface area contributed by atoms with Crippen molar-refractivity contribution in [3.63, 3.8) is 0 Å². The predicted molar refractivity (Wildman–Crippen MR) is 77.8 cm³/mol. The van der Waals surface area contributed by atoms with Crippen molar-refractivity contribution in [1.29, 1.82) is 0 Å². The van der Waals surface area contributed by atoms with Gasteiger partial charge in [0.2, 0.25) is 5.96 Å². The normalized spacial score (nSPS) is 19.6. The van der Waals surface area contributed by atoms with E-state index in [2.05, 4.69) is 15.3 Å². The summed E-state index contributed by atoms with van der Waals surface area (Å²) >= 11 is 0. The molecule has 0 unspecified atom stereocenters. The topological polar surface area (TPSA) is 62.9 Å². The number of hydrogen-bond donors (Lipinski definition) is 2. The molecule has 5 heteroatoms. The number of guanidine groups is 1. The zero-order valence-electron chi connectivity index (χ0n) is 12.1. The number of aliphatic imine (C=N–C) groups is 1. The SMILES string of the molecule is CCOCCCN=C(NN)N(CC1CC1)CC1CC1. The summed E-state index contributed by atoms with van der Waals surface area (Å²) in [7, 11) is 0. The fourth-order valence-corrected chi connectivity index (χ4v) is 2.20. The van der Waals surface area contributed by atoms with E-state index in [0.717, 1.165) is 57.1 Å². The Morgan fingerprint density at radius 3 is 2.37 bits per heavy atom. The van der Waals surface area contributed by atoms with E-state index in [4.69, 9.17) is 10.6 Å². The van der Waals surface area contributed by atoms with Crippen molar-refractivity contribution < 1.29 is 4.74 Å². The minimum absolute atomic E-state index is 0.779. The first-order chi connectivity index (χ1) is 9.33. The highest BCUT2D eigenvalue weighted by molar-refractivity contribution is 5.79. The Morgan fingerprint density at radius 1 is 1.26 bits per heavy atom. The molecule has 0 spiro atoms. The fraction of sp³-hybridized carbons (Fsp3) is 0.929. The molecule has 0 heterocycles. The van der Waals surface area contributed by atoms with E-state index in [1.54, 1.807) is 0 Å². The maximum atomic E-state index is 5.65. The maximum Gasteiger partial charge on any atom is 0.208 e. The predicted octanol–water partition coefficient (Wildman–Crippen LogP) is 1.35. The second-order valence-electron chi connectivity index (χ2n) is 5.69. The van der Waals surface area contributed by atoms with Gasteiger partial charge in [0, 0.05) is 32.8 Å². The third-order valence-electron chi connectivity index (χ3n) is 3.69. The van der Waals surface area contributed by atoms with Gasteiger partial charge in [0.25, 0.3) is 0 Å². The zero-order valence-corrected chi connectivity index (χ0v) is 12.1. The van der Waals surface area contributed by atoms with Crippen molar-refractivity contribution >= 4 is 5.96 Å². The van der Waals surface area contributed by atoms with Gasteiger partial charge in [-0.15, -0.1) is 0 Å². The van der Waals surface area contributed by atoms with Crippen molar-refractivity contribution in [3.05, 3.63) is 0 Å². The Bertz CT molecular complexity index is 273. The van der Waals surface area contributed by atoms with Crippen LogP contribution in [0.4, 0.5) is 0 Å². The summed E-state index contributed by atoms with van der Waals surface area (Å²) in [5.74, 6) is 8.25.